The molecule has 2 unspecified atom stereocenters. The normalized spacial score (nSPS) is 14.5. The molecule has 7 heteroatoms. The zero-order valence-electron chi connectivity index (χ0n) is 11.5. The molecule has 3 nitrogen and oxygen atoms in total. The Morgan fingerprint density at radius 1 is 1.38 bits per heavy atom. The third kappa shape index (κ3) is 5.89. The van der Waals surface area contributed by atoms with E-state index in [1.807, 2.05) is 0 Å². The van der Waals surface area contributed by atoms with Gasteiger partial charge < -0.3 is 9.84 Å². The molecule has 0 radical (unpaired) electrons. The van der Waals surface area contributed by atoms with Gasteiger partial charge in [-0.2, -0.15) is 23.7 Å². The Bertz CT molecular complexity index is 497. The van der Waals surface area contributed by atoms with Crippen LogP contribution in [-0.4, -0.2) is 35.9 Å². The third-order valence-electron chi connectivity index (χ3n) is 2.84. The van der Waals surface area contributed by atoms with Crippen molar-refractivity contribution in [1.82, 2.24) is 0 Å². The Balaban J connectivity index is 2.54. The molecule has 0 saturated heterocycles. The molecule has 0 aliphatic heterocycles. The second-order valence-corrected chi connectivity index (χ2v) is 6.31. The van der Waals surface area contributed by atoms with Crippen molar-refractivity contribution in [2.24, 2.45) is 0 Å². The minimum absolute atomic E-state index is 0.0965. The number of methoxy groups -OCH3 is 1. The lowest BCUT2D eigenvalue weighted by atomic mass is 10.2. The topological polar surface area (TPSA) is 46.5 Å². The van der Waals surface area contributed by atoms with Crippen molar-refractivity contribution in [3.05, 3.63) is 29.8 Å². The minimum atomic E-state index is -4.35. The number of rotatable bonds is 6. The summed E-state index contributed by atoms with van der Waals surface area (Å²) >= 11 is 0. The van der Waals surface area contributed by atoms with Gasteiger partial charge in [0.05, 0.1) is 25.2 Å². The van der Waals surface area contributed by atoms with Gasteiger partial charge in [-0.1, -0.05) is 5.87 Å². The molecule has 2 atom stereocenters. The first kappa shape index (κ1) is 17.7. The fourth-order valence-electron chi connectivity index (χ4n) is 1.61. The van der Waals surface area contributed by atoms with Crippen molar-refractivity contribution in [2.75, 3.05) is 12.9 Å². The van der Waals surface area contributed by atoms with Crippen molar-refractivity contribution in [1.29, 1.82) is 0 Å². The molecular formula is C14H17F3O3S. The van der Waals surface area contributed by atoms with Crippen molar-refractivity contribution in [3.8, 4) is 0 Å². The third-order valence-corrected chi connectivity index (χ3v) is 4.51. The highest BCUT2D eigenvalue weighted by molar-refractivity contribution is 8.14. The summed E-state index contributed by atoms with van der Waals surface area (Å²) in [6, 6.07) is 4.83. The van der Waals surface area contributed by atoms with E-state index in [1.165, 1.54) is 19.2 Å². The highest BCUT2D eigenvalue weighted by Gasteiger charge is 2.29. The summed E-state index contributed by atoms with van der Waals surface area (Å²) in [7, 11) is 0.704. The summed E-state index contributed by atoms with van der Waals surface area (Å²) in [5.74, 6) is 3.88. The monoisotopic (exact) mass is 322 g/mol. The second-order valence-electron chi connectivity index (χ2n) is 4.44. The summed E-state index contributed by atoms with van der Waals surface area (Å²) < 4.78 is 41.8. The van der Waals surface area contributed by atoms with Gasteiger partial charge in [-0.25, -0.2) is 0 Å². The maximum absolute atomic E-state index is 12.4. The molecule has 0 spiro atoms. The first-order valence-corrected chi connectivity index (χ1v) is 7.73. The molecule has 1 aromatic carbocycles. The number of hydrogen-bond acceptors (Lipinski definition) is 3. The van der Waals surface area contributed by atoms with E-state index < -0.39 is 34.3 Å². The van der Waals surface area contributed by atoms with Crippen LogP contribution in [0.1, 0.15) is 18.4 Å². The summed E-state index contributed by atoms with van der Waals surface area (Å²) in [6.07, 6.45) is -4.94. The zero-order valence-corrected chi connectivity index (χ0v) is 12.3. The van der Waals surface area contributed by atoms with E-state index in [4.69, 9.17) is 0 Å². The van der Waals surface area contributed by atoms with Gasteiger partial charge in [0.25, 0.3) is 0 Å². The smallest absolute Gasteiger partial charge is 0.416 e. The van der Waals surface area contributed by atoms with E-state index in [9.17, 15) is 23.1 Å². The van der Waals surface area contributed by atoms with Crippen LogP contribution in [0.2, 0.25) is 0 Å². The number of ether oxygens (including phenoxy) is 1. The molecule has 0 aliphatic carbocycles. The van der Waals surface area contributed by atoms with Gasteiger partial charge in [0.2, 0.25) is 0 Å². The maximum Gasteiger partial charge on any atom is 0.416 e. The zero-order chi connectivity index (χ0) is 16.0. The van der Waals surface area contributed by atoms with E-state index in [-0.39, 0.29) is 6.42 Å². The molecule has 0 fully saturated rings. The van der Waals surface area contributed by atoms with Gasteiger partial charge >= 0.3 is 12.1 Å². The lowest BCUT2D eigenvalue weighted by Crippen LogP contribution is -2.15. The molecule has 0 heterocycles. The summed E-state index contributed by atoms with van der Waals surface area (Å²) in [5.41, 5.74) is -0.700. The molecule has 1 aromatic rings. The van der Waals surface area contributed by atoms with Crippen LogP contribution in [-0.2, 0) is 15.7 Å². The van der Waals surface area contributed by atoms with Crippen LogP contribution in [0, 0.1) is 0 Å². The van der Waals surface area contributed by atoms with Crippen molar-refractivity contribution >= 4 is 22.3 Å². The SMILES string of the molecule is C=S(CCC(O)CC(=O)OC)c1ccc(C(F)(F)F)cc1. The van der Waals surface area contributed by atoms with Crippen LogP contribution in [0.3, 0.4) is 0 Å². The Morgan fingerprint density at radius 2 is 1.95 bits per heavy atom. The molecule has 0 amide bonds. The van der Waals surface area contributed by atoms with E-state index in [1.54, 1.807) is 0 Å². The van der Waals surface area contributed by atoms with E-state index in [0.29, 0.717) is 17.1 Å². The van der Waals surface area contributed by atoms with Gasteiger partial charge in [-0.3, -0.25) is 4.79 Å². The van der Waals surface area contributed by atoms with E-state index >= 15 is 0 Å². The fraction of sp³-hybridized carbons (Fsp3) is 0.429. The van der Waals surface area contributed by atoms with E-state index in [2.05, 4.69) is 10.6 Å². The number of aliphatic hydroxyl groups is 1. The molecule has 0 aromatic heterocycles. The fourth-order valence-corrected chi connectivity index (χ4v) is 2.92. The van der Waals surface area contributed by atoms with Crippen LogP contribution in [0.4, 0.5) is 13.2 Å². The van der Waals surface area contributed by atoms with Crippen LogP contribution in [0.25, 0.3) is 0 Å². The predicted molar refractivity (Wildman–Crippen MR) is 76.5 cm³/mol. The quantitative estimate of drug-likeness (QED) is 0.647. The van der Waals surface area contributed by atoms with Crippen LogP contribution in [0.5, 0.6) is 0 Å². The summed E-state index contributed by atoms with van der Waals surface area (Å²) in [4.78, 5) is 11.7. The number of carbonyl (C=O) groups excluding carboxylic acids is 1. The Labute approximate surface area is 123 Å². The average molecular weight is 322 g/mol. The number of esters is 1. The predicted octanol–water partition coefficient (Wildman–Crippen LogP) is 3.08. The minimum Gasteiger partial charge on any atom is -0.469 e. The standard InChI is InChI=1S/C14H17F3O3S/c1-20-13(19)9-11(18)7-8-21(2)12-5-3-10(4-6-12)14(15,16)17/h3-6,11,18H,2,7-9H2,1H3. The largest absolute Gasteiger partial charge is 0.469 e. The molecule has 0 bridgehead atoms. The van der Waals surface area contributed by atoms with Crippen LogP contribution < -0.4 is 0 Å². The molecule has 0 saturated carbocycles. The lowest BCUT2D eigenvalue weighted by Gasteiger charge is -2.13. The molecule has 118 valence electrons. The number of benzene rings is 1. The van der Waals surface area contributed by atoms with Gasteiger partial charge in [-0.05, 0) is 36.4 Å². The number of alkyl halides is 3. The van der Waals surface area contributed by atoms with Crippen molar-refractivity contribution in [3.63, 3.8) is 0 Å². The van der Waals surface area contributed by atoms with E-state index in [0.717, 1.165) is 12.1 Å². The van der Waals surface area contributed by atoms with Crippen molar-refractivity contribution in [2.45, 2.75) is 30.0 Å². The number of halogens is 3. The van der Waals surface area contributed by atoms with Gasteiger partial charge in [0.1, 0.15) is 0 Å². The number of hydrogen-bond donors (Lipinski definition) is 1. The van der Waals surface area contributed by atoms with Gasteiger partial charge in [-0.15, -0.1) is 0 Å². The second kappa shape index (κ2) is 7.61. The van der Waals surface area contributed by atoms with Crippen LogP contribution >= 0.6 is 10.5 Å². The van der Waals surface area contributed by atoms with Crippen LogP contribution in [0.15, 0.2) is 29.2 Å². The molecular weight excluding hydrogens is 305 g/mol. The first-order valence-electron chi connectivity index (χ1n) is 6.16. The molecule has 1 rings (SSSR count). The Hall–Kier alpha value is -1.34. The Kier molecular flexibility index (Phi) is 6.42. The summed E-state index contributed by atoms with van der Waals surface area (Å²) in [5, 5.41) is 9.62. The van der Waals surface area contributed by atoms with Gasteiger partial charge in [0.15, 0.2) is 0 Å². The number of carbonyl (C=O) groups is 1. The number of aliphatic hydroxyl groups excluding tert-OH is 1. The molecule has 0 aliphatic rings. The lowest BCUT2D eigenvalue weighted by molar-refractivity contribution is -0.142. The first-order chi connectivity index (χ1) is 9.74. The summed E-state index contributed by atoms with van der Waals surface area (Å²) in [6.45, 7) is 0. The highest BCUT2D eigenvalue weighted by atomic mass is 32.2. The maximum atomic E-state index is 12.4. The Morgan fingerprint density at radius 3 is 2.43 bits per heavy atom. The van der Waals surface area contributed by atoms with Crippen molar-refractivity contribution < 1.29 is 27.8 Å². The molecule has 1 N–H and O–H groups in total. The van der Waals surface area contributed by atoms with Gasteiger partial charge in [0, 0.05) is 4.90 Å². The average Bonchev–Trinajstić information content (AvgIpc) is 2.43. The highest BCUT2D eigenvalue weighted by Crippen LogP contribution is 2.32. The molecule has 21 heavy (non-hydrogen) atoms.